The highest BCUT2D eigenvalue weighted by Crippen LogP contribution is 2.31. The van der Waals surface area contributed by atoms with Crippen LogP contribution in [0.3, 0.4) is 0 Å². The summed E-state index contributed by atoms with van der Waals surface area (Å²) in [6.45, 7) is 0. The summed E-state index contributed by atoms with van der Waals surface area (Å²) >= 11 is 0. The molecule has 0 bridgehead atoms. The largest absolute Gasteiger partial charge is 0.335 e. The Morgan fingerprint density at radius 1 is 1.05 bits per heavy atom. The van der Waals surface area contributed by atoms with E-state index in [1.54, 1.807) is 30.3 Å². The van der Waals surface area contributed by atoms with Crippen LogP contribution in [0.15, 0.2) is 30.3 Å². The average molecular weight is 316 g/mol. The number of carbonyl (C=O) groups is 1. The Kier molecular flexibility index (Phi) is 2.80. The molecule has 0 spiro atoms. The van der Waals surface area contributed by atoms with Gasteiger partial charge in [0, 0.05) is 5.69 Å². The van der Waals surface area contributed by atoms with Crippen molar-refractivity contribution in [3.63, 3.8) is 0 Å². The molecule has 0 unspecified atom stereocenters. The van der Waals surface area contributed by atoms with Crippen LogP contribution in [0.25, 0.3) is 0 Å². The standard InChI is InChI=1S/C11H12N2O5S2/c14-11-12-20(17,18)10-7-19(15,16)6-9(10)13(11)8-4-2-1-3-5-8/h1-5,9-10H,6-7H2,(H,12,14)/t9-,10+/m0/s1. The number of nitrogens with zero attached hydrogens (tertiary/aromatic N) is 1. The molecule has 2 aliphatic heterocycles. The summed E-state index contributed by atoms with van der Waals surface area (Å²) in [4.78, 5) is 13.2. The minimum absolute atomic E-state index is 0.334. The first kappa shape index (κ1) is 13.4. The topological polar surface area (TPSA) is 101 Å². The summed E-state index contributed by atoms with van der Waals surface area (Å²) in [6, 6.07) is 6.74. The van der Waals surface area contributed by atoms with Gasteiger partial charge in [0.1, 0.15) is 5.25 Å². The van der Waals surface area contributed by atoms with Crippen LogP contribution >= 0.6 is 0 Å². The fourth-order valence-corrected chi connectivity index (χ4v) is 6.97. The van der Waals surface area contributed by atoms with Gasteiger partial charge in [-0.15, -0.1) is 0 Å². The molecular formula is C11H12N2O5S2. The number of rotatable bonds is 1. The molecular weight excluding hydrogens is 304 g/mol. The summed E-state index contributed by atoms with van der Waals surface area (Å²) in [5, 5.41) is -1.12. The van der Waals surface area contributed by atoms with Gasteiger partial charge in [-0.1, -0.05) is 18.2 Å². The van der Waals surface area contributed by atoms with Gasteiger partial charge >= 0.3 is 6.03 Å². The molecule has 20 heavy (non-hydrogen) atoms. The van der Waals surface area contributed by atoms with Gasteiger partial charge in [-0.3, -0.25) is 4.90 Å². The number of sulfonamides is 1. The van der Waals surface area contributed by atoms with Crippen molar-refractivity contribution in [3.8, 4) is 0 Å². The molecule has 2 atom stereocenters. The van der Waals surface area contributed by atoms with Crippen molar-refractivity contribution >= 4 is 31.6 Å². The predicted octanol–water partition coefficient (Wildman–Crippen LogP) is -0.288. The van der Waals surface area contributed by atoms with Crippen molar-refractivity contribution < 1.29 is 21.6 Å². The quantitative estimate of drug-likeness (QED) is 0.767. The third-order valence-corrected chi connectivity index (χ3v) is 7.15. The molecule has 2 aliphatic rings. The highest BCUT2D eigenvalue weighted by atomic mass is 32.2. The first-order chi connectivity index (χ1) is 9.30. The van der Waals surface area contributed by atoms with E-state index in [4.69, 9.17) is 0 Å². The van der Waals surface area contributed by atoms with Crippen LogP contribution in [0, 0.1) is 0 Å². The maximum atomic E-state index is 12.0. The summed E-state index contributed by atoms with van der Waals surface area (Å²) in [5.74, 6) is -0.789. The van der Waals surface area contributed by atoms with Crippen molar-refractivity contribution in [1.29, 1.82) is 0 Å². The SMILES string of the molecule is O=C1NS(=O)(=O)[C@@H]2CS(=O)(=O)C[C@@H]2N1c1ccccc1. The molecule has 2 amide bonds. The van der Waals surface area contributed by atoms with E-state index >= 15 is 0 Å². The molecule has 108 valence electrons. The zero-order chi connectivity index (χ0) is 14.5. The molecule has 0 aliphatic carbocycles. The lowest BCUT2D eigenvalue weighted by molar-refractivity contribution is 0.247. The van der Waals surface area contributed by atoms with Gasteiger partial charge in [-0.05, 0) is 12.1 Å². The number of amides is 2. The maximum Gasteiger partial charge on any atom is 0.335 e. The van der Waals surface area contributed by atoms with Gasteiger partial charge in [-0.25, -0.2) is 26.4 Å². The molecule has 0 radical (unpaired) electrons. The van der Waals surface area contributed by atoms with Gasteiger partial charge in [0.25, 0.3) is 0 Å². The highest BCUT2D eigenvalue weighted by Gasteiger charge is 2.53. The van der Waals surface area contributed by atoms with E-state index in [0.29, 0.717) is 5.69 Å². The molecule has 0 saturated carbocycles. The number of benzene rings is 1. The maximum absolute atomic E-state index is 12.0. The number of para-hydroxylation sites is 1. The van der Waals surface area contributed by atoms with Gasteiger partial charge in [-0.2, -0.15) is 0 Å². The van der Waals surface area contributed by atoms with E-state index in [1.807, 2.05) is 4.72 Å². The second-order valence-corrected chi connectivity index (χ2v) is 8.89. The lowest BCUT2D eigenvalue weighted by Crippen LogP contribution is -2.62. The Hall–Kier alpha value is -1.61. The molecule has 9 heteroatoms. The minimum Gasteiger partial charge on any atom is -0.288 e. The second kappa shape index (κ2) is 4.19. The molecule has 2 saturated heterocycles. The number of urea groups is 1. The number of carbonyl (C=O) groups excluding carboxylic acids is 1. The van der Waals surface area contributed by atoms with E-state index in [1.165, 1.54) is 4.90 Å². The third kappa shape index (κ3) is 2.06. The number of hydrogen-bond acceptors (Lipinski definition) is 5. The number of anilines is 1. The number of nitrogens with one attached hydrogen (secondary N) is 1. The first-order valence-corrected chi connectivity index (χ1v) is 9.27. The van der Waals surface area contributed by atoms with Gasteiger partial charge in [0.05, 0.1) is 17.5 Å². The van der Waals surface area contributed by atoms with Crippen molar-refractivity contribution in [2.45, 2.75) is 11.3 Å². The highest BCUT2D eigenvalue weighted by molar-refractivity contribution is 7.96. The fourth-order valence-electron chi connectivity index (χ4n) is 2.63. The zero-order valence-corrected chi connectivity index (χ0v) is 11.9. The lowest BCUT2D eigenvalue weighted by atomic mass is 10.2. The van der Waals surface area contributed by atoms with Crippen LogP contribution in [0.2, 0.25) is 0 Å². The van der Waals surface area contributed by atoms with Crippen LogP contribution in [-0.4, -0.2) is 45.7 Å². The van der Waals surface area contributed by atoms with Crippen molar-refractivity contribution in [2.24, 2.45) is 0 Å². The molecule has 1 aromatic rings. The van der Waals surface area contributed by atoms with Crippen LogP contribution in [0.4, 0.5) is 10.5 Å². The van der Waals surface area contributed by atoms with Crippen molar-refractivity contribution in [3.05, 3.63) is 30.3 Å². The second-order valence-electron chi connectivity index (χ2n) is 4.84. The van der Waals surface area contributed by atoms with Gasteiger partial charge < -0.3 is 0 Å². The molecule has 7 nitrogen and oxygen atoms in total. The molecule has 1 aromatic carbocycles. The first-order valence-electron chi connectivity index (χ1n) is 5.90. The number of hydrogen-bond donors (Lipinski definition) is 1. The minimum atomic E-state index is -3.94. The van der Waals surface area contributed by atoms with E-state index in [9.17, 15) is 21.6 Å². The van der Waals surface area contributed by atoms with Crippen LogP contribution in [0.5, 0.6) is 0 Å². The summed E-state index contributed by atoms with van der Waals surface area (Å²) in [6.07, 6.45) is 0. The number of fused-ring (bicyclic) bond motifs is 1. The molecule has 0 aromatic heterocycles. The Balaban J connectivity index is 2.10. The fraction of sp³-hybridized carbons (Fsp3) is 0.364. The van der Waals surface area contributed by atoms with Gasteiger partial charge in [0.2, 0.25) is 10.0 Å². The summed E-state index contributed by atoms with van der Waals surface area (Å²) < 4.78 is 49.2. The van der Waals surface area contributed by atoms with E-state index < -0.39 is 42.9 Å². The Bertz CT molecular complexity index is 757. The molecule has 2 fully saturated rings. The molecule has 1 N–H and O–H groups in total. The lowest BCUT2D eigenvalue weighted by Gasteiger charge is -2.36. The number of sulfone groups is 1. The molecule has 2 heterocycles. The van der Waals surface area contributed by atoms with Crippen LogP contribution < -0.4 is 9.62 Å². The monoisotopic (exact) mass is 316 g/mol. The summed E-state index contributed by atoms with van der Waals surface area (Å²) in [7, 11) is -7.42. The van der Waals surface area contributed by atoms with E-state index in [-0.39, 0.29) is 5.75 Å². The Labute approximate surface area is 116 Å². The van der Waals surface area contributed by atoms with Crippen molar-refractivity contribution in [1.82, 2.24) is 4.72 Å². The van der Waals surface area contributed by atoms with Crippen LogP contribution in [0.1, 0.15) is 0 Å². The zero-order valence-electron chi connectivity index (χ0n) is 10.3. The van der Waals surface area contributed by atoms with E-state index in [2.05, 4.69) is 0 Å². The third-order valence-electron chi connectivity index (χ3n) is 3.49. The Morgan fingerprint density at radius 3 is 2.35 bits per heavy atom. The van der Waals surface area contributed by atoms with Gasteiger partial charge in [0.15, 0.2) is 9.84 Å². The summed E-state index contributed by atoms with van der Waals surface area (Å²) in [5.41, 5.74) is 0.479. The average Bonchev–Trinajstić information content (AvgIpc) is 2.66. The predicted molar refractivity (Wildman–Crippen MR) is 72.6 cm³/mol. The van der Waals surface area contributed by atoms with E-state index in [0.717, 1.165) is 0 Å². The van der Waals surface area contributed by atoms with Crippen molar-refractivity contribution in [2.75, 3.05) is 16.4 Å². The molecule has 3 rings (SSSR count). The van der Waals surface area contributed by atoms with Crippen LogP contribution in [-0.2, 0) is 19.9 Å². The smallest absolute Gasteiger partial charge is 0.288 e. The normalized spacial score (nSPS) is 30.6. The Morgan fingerprint density at radius 2 is 1.70 bits per heavy atom.